The van der Waals surface area contributed by atoms with E-state index in [2.05, 4.69) is 21.0 Å². The summed E-state index contributed by atoms with van der Waals surface area (Å²) in [7, 11) is 0. The van der Waals surface area contributed by atoms with E-state index in [1.807, 2.05) is 4.57 Å². The first-order chi connectivity index (χ1) is 22.4. The second-order valence-corrected chi connectivity index (χ2v) is 13.4. The number of aromatic hydroxyl groups is 1. The van der Waals surface area contributed by atoms with Crippen LogP contribution in [-0.4, -0.2) is 105 Å². The van der Waals surface area contributed by atoms with Gasteiger partial charge in [-0.3, -0.25) is 4.90 Å². The lowest BCUT2D eigenvalue weighted by atomic mass is 9.98. The number of terminal acetylenes is 1. The average Bonchev–Trinajstić information content (AvgIpc) is 3.58. The van der Waals surface area contributed by atoms with Crippen LogP contribution in [0.4, 0.5) is 10.3 Å². The summed E-state index contributed by atoms with van der Waals surface area (Å²) < 4.78 is 28.8. The first-order valence-electron chi connectivity index (χ1n) is 16.1. The fourth-order valence-corrected chi connectivity index (χ4v) is 7.43. The number of aliphatic hydroxyl groups excluding tert-OH is 1. The van der Waals surface area contributed by atoms with Gasteiger partial charge in [0, 0.05) is 49.1 Å². The molecule has 240 valence electrons. The number of morpholine rings is 1. The van der Waals surface area contributed by atoms with E-state index < -0.39 is 5.82 Å². The summed E-state index contributed by atoms with van der Waals surface area (Å²) in [4.78, 5) is 19.2. The predicted molar refractivity (Wildman–Crippen MR) is 171 cm³/mol. The maximum Gasteiger partial charge on any atom is 0.247 e. The maximum atomic E-state index is 14.8. The smallest absolute Gasteiger partial charge is 0.247 e. The van der Waals surface area contributed by atoms with Crippen molar-refractivity contribution in [2.24, 2.45) is 5.41 Å². The van der Waals surface area contributed by atoms with E-state index in [-0.39, 0.29) is 35.9 Å². The number of phenols is 1. The molecule has 3 unspecified atom stereocenters. The van der Waals surface area contributed by atoms with Gasteiger partial charge in [0.15, 0.2) is 11.2 Å². The molecule has 12 heteroatoms. The highest BCUT2D eigenvalue weighted by molar-refractivity contribution is 5.92. The molecule has 3 N–H and O–H groups in total. The van der Waals surface area contributed by atoms with Crippen molar-refractivity contribution in [2.45, 2.75) is 50.4 Å². The first kappa shape index (κ1) is 29.4. The summed E-state index contributed by atoms with van der Waals surface area (Å²) in [5.41, 5.74) is 1.94. The Kier molecular flexibility index (Phi) is 7.44. The molecule has 3 atom stereocenters. The van der Waals surface area contributed by atoms with Gasteiger partial charge in [0.05, 0.1) is 50.9 Å². The molecular weight excluding hydrogens is 589 g/mol. The van der Waals surface area contributed by atoms with E-state index in [9.17, 15) is 14.6 Å². The number of aromatic nitrogens is 4. The van der Waals surface area contributed by atoms with Crippen molar-refractivity contribution in [3.8, 4) is 24.0 Å². The van der Waals surface area contributed by atoms with Gasteiger partial charge in [0.2, 0.25) is 11.8 Å². The SMILES string of the molecule is C#Cc1c(F)ccc2cc(O)cc(Cn3cnc4c(OCC5(CN6CCOCC6CO)CC5)nc(N5CC6CCC(C5)N6)nc43)c12. The molecule has 4 aromatic rings. The van der Waals surface area contributed by atoms with Gasteiger partial charge in [0.25, 0.3) is 0 Å². The van der Waals surface area contributed by atoms with Crippen LogP contribution in [0, 0.1) is 23.6 Å². The normalized spacial score (nSPS) is 24.0. The fourth-order valence-electron chi connectivity index (χ4n) is 7.43. The molecule has 2 aromatic heterocycles. The number of piperazine rings is 1. The molecule has 0 radical (unpaired) electrons. The van der Waals surface area contributed by atoms with Crippen LogP contribution >= 0.6 is 0 Å². The summed E-state index contributed by atoms with van der Waals surface area (Å²) >= 11 is 0. The van der Waals surface area contributed by atoms with E-state index in [1.54, 1.807) is 24.5 Å². The molecule has 11 nitrogen and oxygen atoms in total. The van der Waals surface area contributed by atoms with Gasteiger partial charge in [0.1, 0.15) is 11.6 Å². The Morgan fingerprint density at radius 3 is 2.76 bits per heavy atom. The van der Waals surface area contributed by atoms with E-state index in [1.165, 1.54) is 6.07 Å². The number of imidazole rings is 1. The summed E-state index contributed by atoms with van der Waals surface area (Å²) in [6.45, 7) is 5.25. The van der Waals surface area contributed by atoms with Crippen LogP contribution in [0.2, 0.25) is 0 Å². The molecule has 2 bridgehead atoms. The average molecular weight is 628 g/mol. The van der Waals surface area contributed by atoms with Gasteiger partial charge in [-0.15, -0.1) is 6.42 Å². The Bertz CT molecular complexity index is 1820. The van der Waals surface area contributed by atoms with Crippen LogP contribution in [0.25, 0.3) is 21.9 Å². The zero-order valence-electron chi connectivity index (χ0n) is 25.7. The lowest BCUT2D eigenvalue weighted by molar-refractivity contribution is -0.0383. The van der Waals surface area contributed by atoms with Crippen LogP contribution in [-0.2, 0) is 11.3 Å². The Hall–Kier alpha value is -4.02. The second-order valence-electron chi connectivity index (χ2n) is 13.4. The van der Waals surface area contributed by atoms with Crippen LogP contribution in [0.3, 0.4) is 0 Å². The number of nitrogens with one attached hydrogen (secondary N) is 1. The van der Waals surface area contributed by atoms with Gasteiger partial charge >= 0.3 is 0 Å². The molecule has 0 amide bonds. The predicted octanol–water partition coefficient (Wildman–Crippen LogP) is 2.65. The topological polar surface area (TPSA) is 121 Å². The minimum atomic E-state index is -0.484. The van der Waals surface area contributed by atoms with Gasteiger partial charge in [-0.1, -0.05) is 12.0 Å². The first-order valence-corrected chi connectivity index (χ1v) is 16.1. The lowest BCUT2D eigenvalue weighted by Crippen LogP contribution is -2.51. The third kappa shape index (κ3) is 5.41. The van der Waals surface area contributed by atoms with Crippen molar-refractivity contribution in [2.75, 3.05) is 57.5 Å². The molecule has 1 saturated carbocycles. The molecule has 46 heavy (non-hydrogen) atoms. The molecule has 3 aliphatic heterocycles. The van der Waals surface area contributed by atoms with Crippen LogP contribution in [0.5, 0.6) is 11.6 Å². The molecule has 0 spiro atoms. The third-order valence-corrected chi connectivity index (χ3v) is 10.1. The van der Waals surface area contributed by atoms with Crippen molar-refractivity contribution in [1.82, 2.24) is 29.7 Å². The maximum absolute atomic E-state index is 14.8. The van der Waals surface area contributed by atoms with Crippen molar-refractivity contribution >= 4 is 27.9 Å². The molecule has 2 aromatic carbocycles. The number of aliphatic hydroxyl groups is 1. The van der Waals surface area contributed by atoms with E-state index in [4.69, 9.17) is 30.8 Å². The number of phenolic OH excluding ortho intramolecular Hbond substituents is 1. The summed E-state index contributed by atoms with van der Waals surface area (Å²) in [6, 6.07) is 6.94. The molecule has 8 rings (SSSR count). The van der Waals surface area contributed by atoms with E-state index >= 15 is 0 Å². The van der Waals surface area contributed by atoms with Crippen molar-refractivity contribution in [3.05, 3.63) is 47.5 Å². The number of hydrogen-bond donors (Lipinski definition) is 3. The standard InChI is InChI=1S/C34H38FN7O4/c1-2-27-28(35)6-3-21-11-26(44)12-22(29(21)27)13-42-20-36-30-31(42)38-33(41-14-23-4-5-24(15-41)37-23)39-32(30)46-19-34(7-8-34)18-40-9-10-45-17-25(40)16-43/h1,3,6,11-12,20,23-25,37,43-44H,4-5,7-10,13-19H2. The zero-order chi connectivity index (χ0) is 31.4. The molecular formula is C34H38FN7O4. The fraction of sp³-hybridized carbons (Fsp3) is 0.500. The van der Waals surface area contributed by atoms with Gasteiger partial charge < -0.3 is 34.5 Å². The number of anilines is 1. The number of fused-ring (bicyclic) bond motifs is 4. The Morgan fingerprint density at radius 2 is 2.00 bits per heavy atom. The minimum absolute atomic E-state index is 0.000620. The number of ether oxygens (including phenoxy) is 2. The van der Waals surface area contributed by atoms with Gasteiger partial charge in [-0.25, -0.2) is 9.37 Å². The Morgan fingerprint density at radius 1 is 1.17 bits per heavy atom. The van der Waals surface area contributed by atoms with Crippen LogP contribution < -0.4 is 15.0 Å². The molecule has 4 aliphatic rings. The van der Waals surface area contributed by atoms with Gasteiger partial charge in [-0.2, -0.15) is 9.97 Å². The van der Waals surface area contributed by atoms with E-state index in [0.717, 1.165) is 51.9 Å². The van der Waals surface area contributed by atoms with Gasteiger partial charge in [-0.05, 0) is 54.8 Å². The molecule has 1 aliphatic carbocycles. The van der Waals surface area contributed by atoms with Crippen molar-refractivity contribution < 1.29 is 24.1 Å². The van der Waals surface area contributed by atoms with Crippen molar-refractivity contribution in [3.63, 3.8) is 0 Å². The highest BCUT2D eigenvalue weighted by Crippen LogP contribution is 2.47. The van der Waals surface area contributed by atoms with Crippen LogP contribution in [0.1, 0.15) is 36.8 Å². The molecule has 5 heterocycles. The quantitative estimate of drug-likeness (QED) is 0.239. The third-order valence-electron chi connectivity index (χ3n) is 10.1. The lowest BCUT2D eigenvalue weighted by Gasteiger charge is -2.36. The summed E-state index contributed by atoms with van der Waals surface area (Å²) in [5, 5.41) is 25.3. The number of rotatable bonds is 9. The Balaban J connectivity index is 1.15. The monoisotopic (exact) mass is 627 g/mol. The minimum Gasteiger partial charge on any atom is -0.508 e. The van der Waals surface area contributed by atoms with E-state index in [0.29, 0.717) is 71.2 Å². The Labute approximate surface area is 266 Å². The number of benzene rings is 2. The molecule has 3 saturated heterocycles. The number of hydrogen-bond acceptors (Lipinski definition) is 10. The van der Waals surface area contributed by atoms with Crippen LogP contribution in [0.15, 0.2) is 30.6 Å². The van der Waals surface area contributed by atoms with Crippen molar-refractivity contribution in [1.29, 1.82) is 0 Å². The number of halogens is 1. The largest absolute Gasteiger partial charge is 0.508 e. The zero-order valence-corrected chi connectivity index (χ0v) is 25.7. The summed E-state index contributed by atoms with van der Waals surface area (Å²) in [6.07, 6.45) is 11.8. The summed E-state index contributed by atoms with van der Waals surface area (Å²) in [5.74, 6) is 3.11. The highest BCUT2D eigenvalue weighted by Gasteiger charge is 2.46. The second kappa shape index (κ2) is 11.7. The molecule has 4 fully saturated rings. The highest BCUT2D eigenvalue weighted by atomic mass is 19.1. The number of nitrogens with zero attached hydrogens (tertiary/aromatic N) is 6.